The normalized spacial score (nSPS) is 15.7. The third kappa shape index (κ3) is 3.11. The second-order valence-electron chi connectivity index (χ2n) is 8.84. The van der Waals surface area contributed by atoms with E-state index in [0.717, 1.165) is 29.3 Å². The number of benzene rings is 6. The average Bonchev–Trinajstić information content (AvgIpc) is 3.46. The van der Waals surface area contributed by atoms with Crippen LogP contribution in [-0.4, -0.2) is 0 Å². The van der Waals surface area contributed by atoms with Gasteiger partial charge in [0, 0.05) is 10.8 Å². The minimum atomic E-state index is -0.441. The van der Waals surface area contributed by atoms with Crippen LogP contribution in [0.15, 0.2) is 127 Å². The van der Waals surface area contributed by atoms with E-state index in [4.69, 9.17) is 12.6 Å². The zero-order valence-electron chi connectivity index (χ0n) is 27.6. The van der Waals surface area contributed by atoms with E-state index in [2.05, 4.69) is 0 Å². The first-order valence-electron chi connectivity index (χ1n) is 16.0. The standard InChI is InChI=1S/C36H24O/c1-3-24-25(4-2)35(31-20-12-22-33-36(31)30-18-9-10-21-32(30)37-33)29-17-8-7-16-28(29)34(24)27-19-11-14-23-13-5-6-15-26(23)27/h3-22H,1-2H2/i1D,2D,3D,4D,7D,8D,16D,17D. The fourth-order valence-electron chi connectivity index (χ4n) is 5.44. The van der Waals surface area contributed by atoms with E-state index in [-0.39, 0.29) is 51.7 Å². The minimum Gasteiger partial charge on any atom is -0.456 e. The molecule has 6 aromatic carbocycles. The summed E-state index contributed by atoms with van der Waals surface area (Å²) < 4.78 is 76.6. The van der Waals surface area contributed by atoms with E-state index in [0.29, 0.717) is 33.2 Å². The monoisotopic (exact) mass is 480 g/mol. The van der Waals surface area contributed by atoms with Crippen LogP contribution in [0.3, 0.4) is 0 Å². The highest BCUT2D eigenvalue weighted by atomic mass is 16.3. The van der Waals surface area contributed by atoms with Crippen molar-refractivity contribution in [1.82, 2.24) is 0 Å². The van der Waals surface area contributed by atoms with Gasteiger partial charge in [0.2, 0.25) is 0 Å². The number of para-hydroxylation sites is 1. The van der Waals surface area contributed by atoms with Crippen LogP contribution in [0.4, 0.5) is 0 Å². The molecule has 174 valence electrons. The molecule has 7 rings (SSSR count). The van der Waals surface area contributed by atoms with E-state index in [1.165, 1.54) is 0 Å². The molecule has 0 saturated heterocycles. The largest absolute Gasteiger partial charge is 0.456 e. The van der Waals surface area contributed by atoms with Gasteiger partial charge < -0.3 is 4.42 Å². The molecule has 1 heteroatoms. The van der Waals surface area contributed by atoms with Gasteiger partial charge in [0.1, 0.15) is 11.2 Å². The summed E-state index contributed by atoms with van der Waals surface area (Å²) in [6.45, 7) is 1.72. The van der Waals surface area contributed by atoms with Crippen LogP contribution < -0.4 is 0 Å². The fourth-order valence-corrected chi connectivity index (χ4v) is 5.44. The Hall–Kier alpha value is -4.88. The maximum absolute atomic E-state index is 9.25. The molecule has 1 aromatic heterocycles. The van der Waals surface area contributed by atoms with Crippen LogP contribution in [0, 0.1) is 0 Å². The molecule has 0 radical (unpaired) electrons. The smallest absolute Gasteiger partial charge is 0.136 e. The van der Waals surface area contributed by atoms with Crippen molar-refractivity contribution in [3.05, 3.63) is 133 Å². The summed E-state index contributed by atoms with van der Waals surface area (Å²) in [7, 11) is 0. The number of furan rings is 1. The minimum absolute atomic E-state index is 0.122. The van der Waals surface area contributed by atoms with Gasteiger partial charge in [-0.25, -0.2) is 0 Å². The van der Waals surface area contributed by atoms with Gasteiger partial charge in [0.15, 0.2) is 0 Å². The molecule has 0 aliphatic carbocycles. The van der Waals surface area contributed by atoms with Gasteiger partial charge in [0.25, 0.3) is 0 Å². The second kappa shape index (κ2) is 8.36. The first-order valence-corrected chi connectivity index (χ1v) is 11.9. The predicted molar refractivity (Wildman–Crippen MR) is 160 cm³/mol. The average molecular weight is 481 g/mol. The van der Waals surface area contributed by atoms with Crippen molar-refractivity contribution in [3.63, 3.8) is 0 Å². The zero-order chi connectivity index (χ0) is 31.6. The molecule has 0 aliphatic rings. The highest BCUT2D eigenvalue weighted by Gasteiger charge is 2.22. The highest BCUT2D eigenvalue weighted by Crippen LogP contribution is 2.47. The molecule has 1 heterocycles. The Bertz CT molecular complexity index is 2410. The maximum Gasteiger partial charge on any atom is 0.136 e. The van der Waals surface area contributed by atoms with E-state index in [9.17, 15) is 2.74 Å². The van der Waals surface area contributed by atoms with E-state index in [1.54, 1.807) is 12.1 Å². The van der Waals surface area contributed by atoms with Crippen LogP contribution in [0.1, 0.15) is 22.1 Å². The molecule has 7 aromatic rings. The first kappa shape index (κ1) is 14.6. The Kier molecular flexibility index (Phi) is 3.30. The molecule has 0 atom stereocenters. The van der Waals surface area contributed by atoms with Crippen LogP contribution >= 0.6 is 0 Å². The molecular formula is C36H24O. The Balaban J connectivity index is 1.86. The Morgan fingerprint density at radius 3 is 2.00 bits per heavy atom. The number of hydrogen-bond donors (Lipinski definition) is 0. The molecule has 0 N–H and O–H groups in total. The van der Waals surface area contributed by atoms with Gasteiger partial charge in [-0.2, -0.15) is 0 Å². The molecule has 0 amide bonds. The van der Waals surface area contributed by atoms with Crippen LogP contribution in [0.25, 0.3) is 77.8 Å². The van der Waals surface area contributed by atoms with Gasteiger partial charge in [-0.1, -0.05) is 122 Å². The summed E-state index contributed by atoms with van der Waals surface area (Å²) in [5.74, 6) is 0. The lowest BCUT2D eigenvalue weighted by atomic mass is 9.81. The summed E-state index contributed by atoms with van der Waals surface area (Å²) in [6.07, 6.45) is 0. The number of hydrogen-bond acceptors (Lipinski definition) is 1. The molecule has 0 unspecified atom stereocenters. The quantitative estimate of drug-likeness (QED) is 0.244. The van der Waals surface area contributed by atoms with Crippen molar-refractivity contribution in [2.45, 2.75) is 0 Å². The van der Waals surface area contributed by atoms with E-state index in [1.807, 2.05) is 72.8 Å². The third-order valence-electron chi connectivity index (χ3n) is 6.96. The SMILES string of the molecule is [2H]C=C([2H])c1c(C([2H])=C[2H])c(-c2cccc3oc4ccccc4c23)c2c([2H])c([2H])c([2H])c([2H])c2c1-c1cccc2ccccc12. The van der Waals surface area contributed by atoms with E-state index >= 15 is 0 Å². The van der Waals surface area contributed by atoms with Crippen LogP contribution in [0.5, 0.6) is 0 Å². The number of fused-ring (bicyclic) bond motifs is 5. The molecule has 0 spiro atoms. The molecule has 1 nitrogen and oxygen atoms in total. The van der Waals surface area contributed by atoms with Gasteiger partial charge in [-0.15, -0.1) is 0 Å². The lowest BCUT2D eigenvalue weighted by Gasteiger charge is -2.21. The topological polar surface area (TPSA) is 13.1 Å². The Morgan fingerprint density at radius 1 is 0.622 bits per heavy atom. The summed E-state index contributed by atoms with van der Waals surface area (Å²) in [5.41, 5.74) is 3.10. The number of rotatable bonds is 4. The van der Waals surface area contributed by atoms with Crippen LogP contribution in [-0.2, 0) is 0 Å². The predicted octanol–water partition coefficient (Wildman–Crippen LogP) is 10.5. The molecule has 0 saturated carbocycles. The van der Waals surface area contributed by atoms with Gasteiger partial charge in [0.05, 0.1) is 11.0 Å². The van der Waals surface area contributed by atoms with Crippen molar-refractivity contribution in [1.29, 1.82) is 0 Å². The highest BCUT2D eigenvalue weighted by molar-refractivity contribution is 6.20. The Labute approximate surface area is 226 Å². The molecular weight excluding hydrogens is 448 g/mol. The van der Waals surface area contributed by atoms with Gasteiger partial charge in [-0.3, -0.25) is 0 Å². The second-order valence-corrected chi connectivity index (χ2v) is 8.84. The lowest BCUT2D eigenvalue weighted by Crippen LogP contribution is -1.96. The van der Waals surface area contributed by atoms with Crippen molar-refractivity contribution < 1.29 is 15.4 Å². The summed E-state index contributed by atoms with van der Waals surface area (Å²) in [4.78, 5) is 0. The third-order valence-corrected chi connectivity index (χ3v) is 6.96. The first-order chi connectivity index (χ1) is 21.8. The van der Waals surface area contributed by atoms with Gasteiger partial charge in [-0.05, 0) is 67.1 Å². The lowest BCUT2D eigenvalue weighted by molar-refractivity contribution is 0.669. The fraction of sp³-hybridized carbons (Fsp3) is 0. The molecule has 0 bridgehead atoms. The summed E-state index contributed by atoms with van der Waals surface area (Å²) in [5, 5.41) is 3.41. The molecule has 37 heavy (non-hydrogen) atoms. The molecule has 0 fully saturated rings. The maximum atomic E-state index is 9.25. The van der Waals surface area contributed by atoms with Crippen molar-refractivity contribution in [2.75, 3.05) is 0 Å². The van der Waals surface area contributed by atoms with Crippen molar-refractivity contribution in [2.24, 2.45) is 0 Å². The zero-order valence-corrected chi connectivity index (χ0v) is 19.6. The van der Waals surface area contributed by atoms with Crippen molar-refractivity contribution >= 4 is 55.6 Å². The molecule has 0 aliphatic heterocycles. The van der Waals surface area contributed by atoms with Gasteiger partial charge >= 0.3 is 0 Å². The summed E-state index contributed by atoms with van der Waals surface area (Å²) >= 11 is 0. The summed E-state index contributed by atoms with van der Waals surface area (Å²) in [6, 6.07) is 24.0. The van der Waals surface area contributed by atoms with Crippen molar-refractivity contribution in [3.8, 4) is 22.3 Å². The Morgan fingerprint density at radius 2 is 1.22 bits per heavy atom. The van der Waals surface area contributed by atoms with Crippen LogP contribution in [0.2, 0.25) is 0 Å². The van der Waals surface area contributed by atoms with E-state index < -0.39 is 12.1 Å².